The first-order valence-electron chi connectivity index (χ1n) is 6.11. The summed E-state index contributed by atoms with van der Waals surface area (Å²) in [7, 11) is 0. The zero-order valence-electron chi connectivity index (χ0n) is 11.6. The molecule has 19 heavy (non-hydrogen) atoms. The predicted octanol–water partition coefficient (Wildman–Crippen LogP) is 3.51. The minimum atomic E-state index is -0.450. The molecule has 2 aromatic rings. The standard InChI is InChI=1S/C14H18BrN3O/c1-13(2,14(3,4)16)12-17-11(18-19-12)9-6-5-7-10(15)8-9/h5-8H,16H2,1-4H3. The minimum Gasteiger partial charge on any atom is -0.338 e. The maximum absolute atomic E-state index is 6.18. The van der Waals surface area contributed by atoms with Crippen LogP contribution in [0, 0.1) is 0 Å². The zero-order chi connectivity index (χ0) is 14.3. The maximum atomic E-state index is 6.18. The summed E-state index contributed by atoms with van der Waals surface area (Å²) in [5.74, 6) is 1.13. The predicted molar refractivity (Wildman–Crippen MR) is 78.7 cm³/mol. The van der Waals surface area contributed by atoms with E-state index in [-0.39, 0.29) is 0 Å². The van der Waals surface area contributed by atoms with E-state index in [9.17, 15) is 0 Å². The molecule has 2 rings (SSSR count). The van der Waals surface area contributed by atoms with Crippen molar-refractivity contribution in [1.29, 1.82) is 0 Å². The third kappa shape index (κ3) is 2.72. The van der Waals surface area contributed by atoms with Gasteiger partial charge in [-0.15, -0.1) is 0 Å². The van der Waals surface area contributed by atoms with Gasteiger partial charge < -0.3 is 10.3 Å². The number of hydrogen-bond donors (Lipinski definition) is 1. The third-order valence-corrected chi connectivity index (χ3v) is 4.15. The third-order valence-electron chi connectivity index (χ3n) is 3.65. The number of nitrogens with two attached hydrogens (primary N) is 1. The lowest BCUT2D eigenvalue weighted by molar-refractivity contribution is 0.223. The Morgan fingerprint density at radius 2 is 1.89 bits per heavy atom. The van der Waals surface area contributed by atoms with Crippen molar-refractivity contribution >= 4 is 15.9 Å². The molecule has 0 radical (unpaired) electrons. The average Bonchev–Trinajstić information content (AvgIpc) is 2.77. The molecule has 0 amide bonds. The molecule has 0 aliphatic rings. The molecule has 0 unspecified atom stereocenters. The fourth-order valence-corrected chi connectivity index (χ4v) is 1.90. The Morgan fingerprint density at radius 1 is 1.21 bits per heavy atom. The smallest absolute Gasteiger partial charge is 0.234 e. The van der Waals surface area contributed by atoms with E-state index in [1.807, 2.05) is 52.0 Å². The van der Waals surface area contributed by atoms with Gasteiger partial charge in [0.05, 0.1) is 5.41 Å². The first-order valence-corrected chi connectivity index (χ1v) is 6.90. The van der Waals surface area contributed by atoms with Crippen LogP contribution in [-0.4, -0.2) is 15.7 Å². The van der Waals surface area contributed by atoms with Crippen LogP contribution in [0.2, 0.25) is 0 Å². The lowest BCUT2D eigenvalue weighted by Crippen LogP contribution is -2.50. The van der Waals surface area contributed by atoms with Gasteiger partial charge in [-0.05, 0) is 39.8 Å². The van der Waals surface area contributed by atoms with Gasteiger partial charge in [-0.25, -0.2) is 0 Å². The molecule has 0 saturated heterocycles. The second kappa shape index (κ2) is 4.72. The van der Waals surface area contributed by atoms with Crippen LogP contribution in [0.1, 0.15) is 33.6 Å². The number of nitrogens with zero attached hydrogens (tertiary/aromatic N) is 2. The first-order chi connectivity index (χ1) is 8.72. The van der Waals surface area contributed by atoms with Crippen LogP contribution >= 0.6 is 15.9 Å². The van der Waals surface area contributed by atoms with E-state index < -0.39 is 11.0 Å². The van der Waals surface area contributed by atoms with Crippen molar-refractivity contribution in [3.63, 3.8) is 0 Å². The van der Waals surface area contributed by atoms with Crippen LogP contribution in [0.15, 0.2) is 33.3 Å². The van der Waals surface area contributed by atoms with Crippen molar-refractivity contribution in [1.82, 2.24) is 10.1 Å². The molecule has 2 N–H and O–H groups in total. The Balaban J connectivity index is 2.40. The molecular weight excluding hydrogens is 306 g/mol. The van der Waals surface area contributed by atoms with Crippen LogP contribution in [-0.2, 0) is 5.41 Å². The summed E-state index contributed by atoms with van der Waals surface area (Å²) >= 11 is 3.43. The van der Waals surface area contributed by atoms with Gasteiger partial charge >= 0.3 is 0 Å². The Hall–Kier alpha value is -1.20. The molecule has 0 atom stereocenters. The van der Waals surface area contributed by atoms with Gasteiger partial charge in [0.25, 0.3) is 0 Å². The molecule has 0 saturated carbocycles. The Kier molecular flexibility index (Phi) is 3.53. The number of hydrogen-bond acceptors (Lipinski definition) is 4. The normalized spacial score (nSPS) is 12.7. The molecule has 1 heterocycles. The average molecular weight is 324 g/mol. The van der Waals surface area contributed by atoms with Gasteiger partial charge in [0.15, 0.2) is 0 Å². The largest absolute Gasteiger partial charge is 0.338 e. The zero-order valence-corrected chi connectivity index (χ0v) is 13.2. The van der Waals surface area contributed by atoms with E-state index >= 15 is 0 Å². The van der Waals surface area contributed by atoms with Gasteiger partial charge in [0, 0.05) is 15.6 Å². The quantitative estimate of drug-likeness (QED) is 0.938. The minimum absolute atomic E-state index is 0.399. The molecule has 5 heteroatoms. The van der Waals surface area contributed by atoms with Gasteiger partial charge in [0.1, 0.15) is 0 Å². The highest BCUT2D eigenvalue weighted by Crippen LogP contribution is 2.33. The van der Waals surface area contributed by atoms with Crippen LogP contribution in [0.3, 0.4) is 0 Å². The van der Waals surface area contributed by atoms with E-state index in [1.165, 1.54) is 0 Å². The van der Waals surface area contributed by atoms with Crippen LogP contribution in [0.5, 0.6) is 0 Å². The van der Waals surface area contributed by atoms with Crippen molar-refractivity contribution < 1.29 is 4.52 Å². The van der Waals surface area contributed by atoms with Crippen LogP contribution in [0.25, 0.3) is 11.4 Å². The fourth-order valence-electron chi connectivity index (χ4n) is 1.50. The highest BCUT2D eigenvalue weighted by Gasteiger charge is 2.40. The molecule has 1 aromatic carbocycles. The maximum Gasteiger partial charge on any atom is 0.234 e. The Morgan fingerprint density at radius 3 is 2.47 bits per heavy atom. The summed E-state index contributed by atoms with van der Waals surface area (Å²) in [6, 6.07) is 7.79. The van der Waals surface area contributed by atoms with E-state index in [1.54, 1.807) is 0 Å². The Bertz CT molecular complexity index is 584. The van der Waals surface area contributed by atoms with E-state index in [2.05, 4.69) is 26.1 Å². The summed E-state index contributed by atoms with van der Waals surface area (Å²) in [6.07, 6.45) is 0. The van der Waals surface area contributed by atoms with E-state index in [4.69, 9.17) is 10.3 Å². The van der Waals surface area contributed by atoms with Gasteiger partial charge in [-0.1, -0.05) is 33.2 Å². The highest BCUT2D eigenvalue weighted by molar-refractivity contribution is 9.10. The lowest BCUT2D eigenvalue weighted by Gasteiger charge is -2.34. The van der Waals surface area contributed by atoms with E-state index in [0.717, 1.165) is 10.0 Å². The van der Waals surface area contributed by atoms with Gasteiger partial charge in [-0.3, -0.25) is 0 Å². The molecule has 4 nitrogen and oxygen atoms in total. The second-order valence-electron chi connectivity index (χ2n) is 5.78. The summed E-state index contributed by atoms with van der Waals surface area (Å²) < 4.78 is 6.38. The fraction of sp³-hybridized carbons (Fsp3) is 0.429. The number of rotatable bonds is 3. The summed E-state index contributed by atoms with van der Waals surface area (Å²) in [6.45, 7) is 7.92. The van der Waals surface area contributed by atoms with Crippen molar-refractivity contribution in [2.24, 2.45) is 5.73 Å². The number of aromatic nitrogens is 2. The molecule has 1 aromatic heterocycles. The van der Waals surface area contributed by atoms with Gasteiger partial charge in [0.2, 0.25) is 11.7 Å². The SMILES string of the molecule is CC(C)(N)C(C)(C)c1nc(-c2cccc(Br)c2)no1. The first kappa shape index (κ1) is 14.2. The molecule has 0 fully saturated rings. The van der Waals surface area contributed by atoms with Crippen molar-refractivity contribution in [3.8, 4) is 11.4 Å². The number of halogens is 1. The van der Waals surface area contributed by atoms with Crippen LogP contribution < -0.4 is 5.73 Å². The van der Waals surface area contributed by atoms with Crippen molar-refractivity contribution in [2.75, 3.05) is 0 Å². The topological polar surface area (TPSA) is 64.9 Å². The number of benzene rings is 1. The summed E-state index contributed by atoms with van der Waals surface area (Å²) in [5.41, 5.74) is 6.25. The summed E-state index contributed by atoms with van der Waals surface area (Å²) in [5, 5.41) is 4.04. The molecule has 0 aliphatic carbocycles. The van der Waals surface area contributed by atoms with Gasteiger partial charge in [-0.2, -0.15) is 4.98 Å². The molecular formula is C14H18BrN3O. The summed E-state index contributed by atoms with van der Waals surface area (Å²) in [4.78, 5) is 4.48. The molecule has 102 valence electrons. The molecule has 0 bridgehead atoms. The van der Waals surface area contributed by atoms with E-state index in [0.29, 0.717) is 11.7 Å². The highest BCUT2D eigenvalue weighted by atomic mass is 79.9. The lowest BCUT2D eigenvalue weighted by atomic mass is 9.75. The van der Waals surface area contributed by atoms with Crippen molar-refractivity contribution in [3.05, 3.63) is 34.6 Å². The molecule has 0 spiro atoms. The van der Waals surface area contributed by atoms with Crippen molar-refractivity contribution in [2.45, 2.75) is 38.6 Å². The van der Waals surface area contributed by atoms with Crippen LogP contribution in [0.4, 0.5) is 0 Å². The second-order valence-corrected chi connectivity index (χ2v) is 6.70. The molecule has 0 aliphatic heterocycles. The Labute approximate surface area is 121 Å². The monoisotopic (exact) mass is 323 g/mol.